The lowest BCUT2D eigenvalue weighted by atomic mass is 10.1. The molecule has 114 valence electrons. The Morgan fingerprint density at radius 1 is 1.09 bits per heavy atom. The van der Waals surface area contributed by atoms with E-state index in [9.17, 15) is 9.59 Å². The molecule has 2 rings (SSSR count). The highest BCUT2D eigenvalue weighted by atomic mass is 35.5. The lowest BCUT2D eigenvalue weighted by molar-refractivity contribution is 0.0527. The summed E-state index contributed by atoms with van der Waals surface area (Å²) in [6, 6.07) is 11.2. The predicted molar refractivity (Wildman–Crippen MR) is 86.8 cm³/mol. The van der Waals surface area contributed by atoms with Gasteiger partial charge in [-0.05, 0) is 37.3 Å². The van der Waals surface area contributed by atoms with Crippen molar-refractivity contribution in [2.45, 2.75) is 6.92 Å². The van der Waals surface area contributed by atoms with Crippen LogP contribution in [0.1, 0.15) is 27.6 Å². The van der Waals surface area contributed by atoms with Gasteiger partial charge in [-0.3, -0.25) is 4.79 Å². The number of hydrogen-bond acceptors (Lipinski definition) is 3. The van der Waals surface area contributed by atoms with Gasteiger partial charge >= 0.3 is 5.97 Å². The Balaban J connectivity index is 2.32. The molecule has 1 N–H and O–H groups in total. The van der Waals surface area contributed by atoms with Crippen LogP contribution in [0, 0.1) is 0 Å². The highest BCUT2D eigenvalue weighted by Gasteiger charge is 2.17. The van der Waals surface area contributed by atoms with E-state index in [0.717, 1.165) is 0 Å². The van der Waals surface area contributed by atoms with Crippen LogP contribution in [0.15, 0.2) is 42.5 Å². The summed E-state index contributed by atoms with van der Waals surface area (Å²) in [6.45, 7) is 1.94. The average Bonchev–Trinajstić information content (AvgIpc) is 2.48. The minimum absolute atomic E-state index is 0.228. The molecule has 4 nitrogen and oxygen atoms in total. The van der Waals surface area contributed by atoms with Crippen LogP contribution in [0.4, 0.5) is 5.69 Å². The first-order valence-electron chi connectivity index (χ1n) is 6.55. The SMILES string of the molecule is CCOC(=O)c1ccc(Cl)cc1NC(=O)c1ccccc1Cl. The van der Waals surface area contributed by atoms with Gasteiger partial charge in [-0.25, -0.2) is 4.79 Å². The van der Waals surface area contributed by atoms with Crippen molar-refractivity contribution in [3.63, 3.8) is 0 Å². The van der Waals surface area contributed by atoms with Crippen molar-refractivity contribution in [2.75, 3.05) is 11.9 Å². The normalized spacial score (nSPS) is 10.1. The number of benzene rings is 2. The highest BCUT2D eigenvalue weighted by molar-refractivity contribution is 6.34. The van der Waals surface area contributed by atoms with Crippen molar-refractivity contribution in [1.29, 1.82) is 0 Å². The first-order chi connectivity index (χ1) is 10.5. The van der Waals surface area contributed by atoms with Gasteiger partial charge in [0.15, 0.2) is 0 Å². The molecule has 0 aromatic heterocycles. The summed E-state index contributed by atoms with van der Waals surface area (Å²) < 4.78 is 4.96. The number of ether oxygens (including phenoxy) is 1. The molecule has 2 aromatic carbocycles. The predicted octanol–water partition coefficient (Wildman–Crippen LogP) is 4.42. The van der Waals surface area contributed by atoms with Gasteiger partial charge < -0.3 is 10.1 Å². The quantitative estimate of drug-likeness (QED) is 0.840. The van der Waals surface area contributed by atoms with Crippen molar-refractivity contribution < 1.29 is 14.3 Å². The molecule has 0 aliphatic heterocycles. The van der Waals surface area contributed by atoms with Crippen LogP contribution < -0.4 is 5.32 Å². The summed E-state index contributed by atoms with van der Waals surface area (Å²) in [6.07, 6.45) is 0. The zero-order chi connectivity index (χ0) is 16.1. The van der Waals surface area contributed by atoms with Gasteiger partial charge in [-0.1, -0.05) is 35.3 Å². The monoisotopic (exact) mass is 337 g/mol. The minimum atomic E-state index is -0.534. The van der Waals surface area contributed by atoms with Crippen molar-refractivity contribution in [1.82, 2.24) is 0 Å². The third-order valence-electron chi connectivity index (χ3n) is 2.84. The molecule has 6 heteroatoms. The maximum absolute atomic E-state index is 12.3. The van der Waals surface area contributed by atoms with Crippen LogP contribution in [0.25, 0.3) is 0 Å². The van der Waals surface area contributed by atoms with E-state index in [1.807, 2.05) is 0 Å². The topological polar surface area (TPSA) is 55.4 Å². The van der Waals surface area contributed by atoms with E-state index in [1.54, 1.807) is 37.3 Å². The average molecular weight is 338 g/mol. The molecule has 0 saturated heterocycles. The standard InChI is InChI=1S/C16H13Cl2NO3/c1-2-22-16(21)12-8-7-10(17)9-14(12)19-15(20)11-5-3-4-6-13(11)18/h3-9H,2H2,1H3,(H,19,20). The number of halogens is 2. The first-order valence-corrected chi connectivity index (χ1v) is 7.31. The Hall–Kier alpha value is -2.04. The molecular formula is C16H13Cl2NO3. The molecule has 2 aromatic rings. The van der Waals surface area contributed by atoms with E-state index in [1.165, 1.54) is 12.1 Å². The Morgan fingerprint density at radius 3 is 2.50 bits per heavy atom. The van der Waals surface area contributed by atoms with Crippen molar-refractivity contribution in [2.24, 2.45) is 0 Å². The molecule has 0 spiro atoms. The maximum atomic E-state index is 12.3. The second-order valence-corrected chi connectivity index (χ2v) is 5.19. The van der Waals surface area contributed by atoms with Gasteiger partial charge in [0.05, 0.1) is 28.4 Å². The number of rotatable bonds is 4. The summed E-state index contributed by atoms with van der Waals surface area (Å²) in [5.41, 5.74) is 0.807. The summed E-state index contributed by atoms with van der Waals surface area (Å²) in [5, 5.41) is 3.35. The fraction of sp³-hybridized carbons (Fsp3) is 0.125. The Bertz CT molecular complexity index is 716. The van der Waals surface area contributed by atoms with E-state index >= 15 is 0 Å². The summed E-state index contributed by atoms with van der Waals surface area (Å²) in [7, 11) is 0. The van der Waals surface area contributed by atoms with Crippen molar-refractivity contribution >= 4 is 40.8 Å². The molecule has 0 aliphatic rings. The van der Waals surface area contributed by atoms with E-state index in [0.29, 0.717) is 15.6 Å². The number of carbonyl (C=O) groups excluding carboxylic acids is 2. The molecule has 0 unspecified atom stereocenters. The molecule has 0 saturated carbocycles. The highest BCUT2D eigenvalue weighted by Crippen LogP contribution is 2.24. The van der Waals surface area contributed by atoms with Crippen molar-refractivity contribution in [3.8, 4) is 0 Å². The third-order valence-corrected chi connectivity index (χ3v) is 3.41. The fourth-order valence-corrected chi connectivity index (χ4v) is 2.24. The van der Waals surface area contributed by atoms with Crippen LogP contribution in [-0.2, 0) is 4.74 Å². The number of carbonyl (C=O) groups is 2. The Labute approximate surface area is 138 Å². The van der Waals surface area contributed by atoms with Gasteiger partial charge in [0.2, 0.25) is 0 Å². The van der Waals surface area contributed by atoms with Crippen LogP contribution in [0.2, 0.25) is 10.0 Å². The smallest absolute Gasteiger partial charge is 0.340 e. The number of anilines is 1. The Kier molecular flexibility index (Phi) is 5.41. The summed E-state index contributed by atoms with van der Waals surface area (Å²) in [5.74, 6) is -0.966. The summed E-state index contributed by atoms with van der Waals surface area (Å²) >= 11 is 11.9. The molecule has 0 radical (unpaired) electrons. The number of hydrogen-bond donors (Lipinski definition) is 1. The zero-order valence-corrected chi connectivity index (χ0v) is 13.2. The molecule has 22 heavy (non-hydrogen) atoms. The van der Waals surface area contributed by atoms with E-state index in [4.69, 9.17) is 27.9 Å². The molecule has 1 amide bonds. The van der Waals surface area contributed by atoms with E-state index in [2.05, 4.69) is 5.32 Å². The molecule has 0 heterocycles. The second kappa shape index (κ2) is 7.29. The van der Waals surface area contributed by atoms with Gasteiger partial charge in [-0.2, -0.15) is 0 Å². The van der Waals surface area contributed by atoms with Crippen molar-refractivity contribution in [3.05, 3.63) is 63.6 Å². The first kappa shape index (κ1) is 16.3. The molecular weight excluding hydrogens is 325 g/mol. The largest absolute Gasteiger partial charge is 0.462 e. The van der Waals surface area contributed by atoms with Gasteiger partial charge in [0.1, 0.15) is 0 Å². The van der Waals surface area contributed by atoms with Crippen LogP contribution in [-0.4, -0.2) is 18.5 Å². The number of esters is 1. The Morgan fingerprint density at radius 2 is 1.82 bits per heavy atom. The van der Waals surface area contributed by atoms with Crippen LogP contribution in [0.5, 0.6) is 0 Å². The molecule has 0 bridgehead atoms. The minimum Gasteiger partial charge on any atom is -0.462 e. The van der Waals surface area contributed by atoms with Crippen LogP contribution >= 0.6 is 23.2 Å². The van der Waals surface area contributed by atoms with Gasteiger partial charge in [0, 0.05) is 5.02 Å². The van der Waals surface area contributed by atoms with Gasteiger partial charge in [0.25, 0.3) is 5.91 Å². The lowest BCUT2D eigenvalue weighted by Crippen LogP contribution is -2.16. The number of amides is 1. The summed E-state index contributed by atoms with van der Waals surface area (Å²) in [4.78, 5) is 24.2. The fourth-order valence-electron chi connectivity index (χ4n) is 1.84. The molecule has 0 aliphatic carbocycles. The van der Waals surface area contributed by atoms with Gasteiger partial charge in [-0.15, -0.1) is 0 Å². The maximum Gasteiger partial charge on any atom is 0.340 e. The molecule has 0 atom stereocenters. The third kappa shape index (κ3) is 3.78. The number of nitrogens with one attached hydrogen (secondary N) is 1. The van der Waals surface area contributed by atoms with E-state index < -0.39 is 11.9 Å². The molecule has 0 fully saturated rings. The second-order valence-electron chi connectivity index (χ2n) is 4.34. The zero-order valence-electron chi connectivity index (χ0n) is 11.7. The lowest BCUT2D eigenvalue weighted by Gasteiger charge is -2.11. The van der Waals surface area contributed by atoms with Crippen LogP contribution in [0.3, 0.4) is 0 Å². The van der Waals surface area contributed by atoms with E-state index in [-0.39, 0.29) is 17.9 Å².